The second kappa shape index (κ2) is 4.28. The number of nitrogens with zero attached hydrogens (tertiary/aromatic N) is 1. The normalized spacial score (nSPS) is 26.7. The van der Waals surface area contributed by atoms with Gasteiger partial charge in [-0.3, -0.25) is 0 Å². The molecule has 0 saturated heterocycles. The van der Waals surface area contributed by atoms with Gasteiger partial charge in [0.05, 0.1) is 0 Å². The van der Waals surface area contributed by atoms with Crippen LogP contribution >= 0.6 is 0 Å². The second-order valence-corrected chi connectivity index (χ2v) is 4.16. The van der Waals surface area contributed by atoms with Crippen LogP contribution in [0.5, 0.6) is 0 Å². The lowest BCUT2D eigenvalue weighted by molar-refractivity contribution is -0.176. The smallest absolute Gasteiger partial charge is 0.318 e. The Kier molecular flexibility index (Phi) is 3.51. The summed E-state index contributed by atoms with van der Waals surface area (Å²) < 4.78 is 27.8. The van der Waals surface area contributed by atoms with E-state index in [1.165, 1.54) is 4.90 Å². The Bertz CT molecular complexity index is 211. The third kappa shape index (κ3) is 2.07. The zero-order valence-corrected chi connectivity index (χ0v) is 9.13. The molecule has 14 heavy (non-hydrogen) atoms. The molecule has 0 aromatic heterocycles. The van der Waals surface area contributed by atoms with Crippen LogP contribution in [0.3, 0.4) is 0 Å². The first-order chi connectivity index (χ1) is 6.50. The molecule has 1 aliphatic heterocycles. The summed E-state index contributed by atoms with van der Waals surface area (Å²) in [4.78, 5) is 1.19. The molecule has 1 rings (SSSR count). The van der Waals surface area contributed by atoms with E-state index in [2.05, 4.69) is 0 Å². The zero-order chi connectivity index (χ0) is 10.8. The van der Waals surface area contributed by atoms with Gasteiger partial charge in [0.2, 0.25) is 0 Å². The lowest BCUT2D eigenvalue weighted by atomic mass is 9.97. The molecule has 0 radical (unpaired) electrons. The van der Waals surface area contributed by atoms with Crippen molar-refractivity contribution >= 4 is 0 Å². The Hall–Kier alpha value is -0.600. The minimum absolute atomic E-state index is 0.145. The molecule has 0 amide bonds. The van der Waals surface area contributed by atoms with Crippen LogP contribution in [0.15, 0.2) is 12.3 Å². The number of allylic oxidation sites excluding steroid dienone is 1. The van der Waals surface area contributed by atoms with Crippen molar-refractivity contribution in [3.63, 3.8) is 0 Å². The maximum absolute atomic E-state index is 13.9. The summed E-state index contributed by atoms with van der Waals surface area (Å²) in [6.07, 6.45) is 5.29. The van der Waals surface area contributed by atoms with Gasteiger partial charge in [0, 0.05) is 18.2 Å². The maximum atomic E-state index is 13.9. The molecule has 1 atom stereocenters. The van der Waals surface area contributed by atoms with Crippen LogP contribution in [-0.2, 0) is 0 Å². The van der Waals surface area contributed by atoms with E-state index in [9.17, 15) is 8.78 Å². The molecule has 82 valence electrons. The largest absolute Gasteiger partial charge is 0.328 e. The van der Waals surface area contributed by atoms with E-state index in [4.69, 9.17) is 0 Å². The topological polar surface area (TPSA) is 3.24 Å². The van der Waals surface area contributed by atoms with E-state index in [-0.39, 0.29) is 6.04 Å². The Morgan fingerprint density at radius 1 is 1.50 bits per heavy atom. The number of rotatable bonds is 2. The molecule has 0 spiro atoms. The van der Waals surface area contributed by atoms with Gasteiger partial charge in [-0.05, 0) is 33.1 Å². The van der Waals surface area contributed by atoms with Crippen LogP contribution in [0.2, 0.25) is 0 Å². The quantitative estimate of drug-likeness (QED) is 0.619. The summed E-state index contributed by atoms with van der Waals surface area (Å²) in [5, 5.41) is 0. The summed E-state index contributed by atoms with van der Waals surface area (Å²) in [7, 11) is 0. The molecule has 1 aliphatic rings. The highest BCUT2D eigenvalue weighted by Crippen LogP contribution is 2.37. The van der Waals surface area contributed by atoms with E-state index in [0.29, 0.717) is 12.8 Å². The average Bonchev–Trinajstić information content (AvgIpc) is 2.22. The van der Waals surface area contributed by atoms with Gasteiger partial charge in [-0.25, -0.2) is 0 Å². The minimum Gasteiger partial charge on any atom is -0.318 e. The van der Waals surface area contributed by atoms with Crippen LogP contribution in [0, 0.1) is 5.92 Å². The molecular weight excluding hydrogens is 184 g/mol. The summed E-state index contributed by atoms with van der Waals surface area (Å²) in [5.41, 5.74) is 0. The molecule has 0 saturated carbocycles. The Morgan fingerprint density at radius 3 is 2.64 bits per heavy atom. The van der Waals surface area contributed by atoms with Crippen molar-refractivity contribution in [1.29, 1.82) is 0 Å². The van der Waals surface area contributed by atoms with Crippen molar-refractivity contribution in [2.24, 2.45) is 5.92 Å². The molecule has 3 heteroatoms. The number of halogens is 2. The molecule has 0 fully saturated rings. The predicted molar refractivity (Wildman–Crippen MR) is 54.1 cm³/mol. The molecule has 0 aromatic carbocycles. The lowest BCUT2D eigenvalue weighted by Crippen LogP contribution is -2.46. The number of hydrogen-bond donors (Lipinski definition) is 0. The first kappa shape index (κ1) is 11.5. The van der Waals surface area contributed by atoms with Crippen LogP contribution < -0.4 is 0 Å². The van der Waals surface area contributed by atoms with Crippen molar-refractivity contribution in [3.05, 3.63) is 12.3 Å². The summed E-state index contributed by atoms with van der Waals surface area (Å²) in [5.74, 6) is -0.514. The van der Waals surface area contributed by atoms with E-state index >= 15 is 0 Å². The fraction of sp³-hybridized carbons (Fsp3) is 0.818. The highest BCUT2D eigenvalue weighted by atomic mass is 19.3. The third-order valence-electron chi connectivity index (χ3n) is 2.83. The fourth-order valence-corrected chi connectivity index (χ4v) is 1.94. The average molecular weight is 203 g/mol. The SMILES string of the molecule is CCC1CCC=CN(C(C)C)C1(F)F. The summed E-state index contributed by atoms with van der Waals surface area (Å²) in [6, 6.07) is -2.83. The monoisotopic (exact) mass is 203 g/mol. The van der Waals surface area contributed by atoms with Gasteiger partial charge < -0.3 is 4.90 Å². The molecule has 1 unspecified atom stereocenters. The van der Waals surface area contributed by atoms with Crippen LogP contribution in [0.25, 0.3) is 0 Å². The van der Waals surface area contributed by atoms with Crippen LogP contribution in [0.1, 0.15) is 40.0 Å². The molecule has 0 N–H and O–H groups in total. The van der Waals surface area contributed by atoms with Crippen LogP contribution in [-0.4, -0.2) is 17.0 Å². The number of hydrogen-bond acceptors (Lipinski definition) is 1. The van der Waals surface area contributed by atoms with Gasteiger partial charge in [-0.15, -0.1) is 0 Å². The van der Waals surface area contributed by atoms with Crippen LogP contribution in [0.4, 0.5) is 8.78 Å². The summed E-state index contributed by atoms with van der Waals surface area (Å²) >= 11 is 0. The van der Waals surface area contributed by atoms with E-state index in [0.717, 1.165) is 6.42 Å². The molecule has 0 aliphatic carbocycles. The molecule has 0 bridgehead atoms. The van der Waals surface area contributed by atoms with E-state index in [1.807, 2.05) is 13.0 Å². The first-order valence-corrected chi connectivity index (χ1v) is 5.33. The molecule has 1 heterocycles. The lowest BCUT2D eigenvalue weighted by Gasteiger charge is -2.37. The number of alkyl halides is 2. The van der Waals surface area contributed by atoms with Gasteiger partial charge in [-0.2, -0.15) is 8.78 Å². The van der Waals surface area contributed by atoms with E-state index in [1.54, 1.807) is 20.0 Å². The minimum atomic E-state index is -2.68. The second-order valence-electron chi connectivity index (χ2n) is 4.16. The molecule has 0 aromatic rings. The first-order valence-electron chi connectivity index (χ1n) is 5.33. The van der Waals surface area contributed by atoms with Crippen molar-refractivity contribution in [3.8, 4) is 0 Å². The molecule has 1 nitrogen and oxygen atoms in total. The van der Waals surface area contributed by atoms with Crippen molar-refractivity contribution in [2.75, 3.05) is 0 Å². The van der Waals surface area contributed by atoms with Gasteiger partial charge in [0.1, 0.15) is 0 Å². The van der Waals surface area contributed by atoms with E-state index < -0.39 is 12.0 Å². The highest BCUT2D eigenvalue weighted by Gasteiger charge is 2.44. The van der Waals surface area contributed by atoms with Gasteiger partial charge >= 0.3 is 6.05 Å². The van der Waals surface area contributed by atoms with Crippen molar-refractivity contribution < 1.29 is 8.78 Å². The Morgan fingerprint density at radius 2 is 2.14 bits per heavy atom. The highest BCUT2D eigenvalue weighted by molar-refractivity contribution is 4.95. The zero-order valence-electron chi connectivity index (χ0n) is 9.13. The van der Waals surface area contributed by atoms with Gasteiger partial charge in [-0.1, -0.05) is 13.0 Å². The third-order valence-corrected chi connectivity index (χ3v) is 2.83. The predicted octanol–water partition coefficient (Wildman–Crippen LogP) is 3.62. The standard InChI is InChI=1S/C11H19F2N/c1-4-10-7-5-6-8-14(9(2)3)11(10,12)13/h6,8-10H,4-5,7H2,1-3H3. The maximum Gasteiger partial charge on any atom is 0.328 e. The van der Waals surface area contributed by atoms with Crippen molar-refractivity contribution in [2.45, 2.75) is 52.1 Å². The Balaban J connectivity index is 2.90. The molecular formula is C11H19F2N. The fourth-order valence-electron chi connectivity index (χ4n) is 1.94. The van der Waals surface area contributed by atoms with Gasteiger partial charge in [0.25, 0.3) is 0 Å². The summed E-state index contributed by atoms with van der Waals surface area (Å²) in [6.45, 7) is 5.44. The van der Waals surface area contributed by atoms with Crippen molar-refractivity contribution in [1.82, 2.24) is 4.90 Å². The Labute approximate surface area is 84.8 Å². The van der Waals surface area contributed by atoms with Gasteiger partial charge in [0.15, 0.2) is 0 Å².